The van der Waals surface area contributed by atoms with E-state index in [1.165, 1.54) is 43.4 Å². The molecule has 0 atom stereocenters. The minimum atomic E-state index is 0.699. The topological polar surface area (TPSA) is 0 Å². The van der Waals surface area contributed by atoms with Gasteiger partial charge in [-0.1, -0.05) is 60.3 Å². The first-order chi connectivity index (χ1) is 8.56. The molecule has 1 rings (SSSR count). The maximum absolute atomic E-state index is 2.39. The molecule has 0 aliphatic rings. The Hall–Kier alpha value is -0.300. The molecule has 0 N–H and O–H groups in total. The lowest BCUT2D eigenvalue weighted by molar-refractivity contribution is 0.664. The van der Waals surface area contributed by atoms with E-state index in [0.717, 1.165) is 0 Å². The zero-order chi connectivity index (χ0) is 14.0. The second-order valence-corrected chi connectivity index (χ2v) is 6.71. The van der Waals surface area contributed by atoms with Crippen molar-refractivity contribution in [2.75, 3.05) is 0 Å². The lowest BCUT2D eigenvalue weighted by Crippen LogP contribution is -1.91. The summed E-state index contributed by atoms with van der Waals surface area (Å²) in [6, 6.07) is 2.39. The van der Waals surface area contributed by atoms with Crippen molar-refractivity contribution in [3.05, 3.63) is 21.4 Å². The van der Waals surface area contributed by atoms with E-state index in [4.69, 9.17) is 0 Å². The summed E-state index contributed by atoms with van der Waals surface area (Å²) >= 11 is 1.99. The number of hydrogen-bond acceptors (Lipinski definition) is 1. The number of hydrogen-bond donors (Lipinski definition) is 0. The summed E-state index contributed by atoms with van der Waals surface area (Å²) in [6.45, 7) is 13.4. The van der Waals surface area contributed by atoms with Crippen LogP contribution in [0, 0.1) is 6.92 Å². The number of unbranched alkanes of at least 4 members (excludes halogenated alkanes) is 3. The highest BCUT2D eigenvalue weighted by Gasteiger charge is 2.09. The number of aryl methyl sites for hydroxylation is 2. The minimum Gasteiger partial charge on any atom is -0.145 e. The van der Waals surface area contributed by atoms with Gasteiger partial charge in [-0.25, -0.2) is 0 Å². The Bertz CT molecular complexity index is 297. The second kappa shape index (κ2) is 10.6. The number of rotatable bonds is 6. The van der Waals surface area contributed by atoms with Gasteiger partial charge in [0.1, 0.15) is 0 Å². The van der Waals surface area contributed by atoms with Crippen molar-refractivity contribution in [3.8, 4) is 0 Å². The Morgan fingerprint density at radius 2 is 1.67 bits per heavy atom. The normalized spacial score (nSPS) is 10.4. The Morgan fingerprint density at radius 1 is 1.06 bits per heavy atom. The first kappa shape index (κ1) is 17.7. The highest BCUT2D eigenvalue weighted by atomic mass is 32.1. The molecule has 18 heavy (non-hydrogen) atoms. The van der Waals surface area contributed by atoms with Crippen LogP contribution in [0.5, 0.6) is 0 Å². The molecule has 1 aromatic heterocycles. The molecule has 1 heteroatoms. The van der Waals surface area contributed by atoms with Gasteiger partial charge < -0.3 is 0 Å². The van der Waals surface area contributed by atoms with Crippen molar-refractivity contribution in [1.29, 1.82) is 0 Å². The molecular weight excluding hydrogens is 236 g/mol. The Morgan fingerprint density at radius 3 is 2.17 bits per heavy atom. The first-order valence-corrected chi connectivity index (χ1v) is 8.47. The fraction of sp³-hybridized carbons (Fsp3) is 0.765. The van der Waals surface area contributed by atoms with Crippen LogP contribution in [0.1, 0.15) is 88.0 Å². The lowest BCUT2D eigenvalue weighted by Gasteiger charge is -2.06. The Kier molecular flexibility index (Phi) is 10.4. The summed E-state index contributed by atoms with van der Waals surface area (Å²) in [5.74, 6) is 0.699. The maximum atomic E-state index is 2.39. The molecule has 0 fully saturated rings. The van der Waals surface area contributed by atoms with Crippen molar-refractivity contribution < 1.29 is 0 Å². The van der Waals surface area contributed by atoms with Gasteiger partial charge in [-0.15, -0.1) is 11.3 Å². The van der Waals surface area contributed by atoms with Gasteiger partial charge in [-0.05, 0) is 37.3 Å². The zero-order valence-electron chi connectivity index (χ0n) is 13.3. The van der Waals surface area contributed by atoms with E-state index < -0.39 is 0 Å². The molecule has 0 aliphatic carbocycles. The number of thiophene rings is 1. The van der Waals surface area contributed by atoms with Crippen LogP contribution in [-0.4, -0.2) is 0 Å². The van der Waals surface area contributed by atoms with E-state index in [2.05, 4.69) is 47.6 Å². The molecule has 106 valence electrons. The van der Waals surface area contributed by atoms with Gasteiger partial charge >= 0.3 is 0 Å². The lowest BCUT2D eigenvalue weighted by atomic mass is 10.0. The SMILES string of the molecule is CCC.CCCCCCc1cc(C)sc1C(C)C. The van der Waals surface area contributed by atoms with Crippen LogP contribution in [0.15, 0.2) is 6.07 Å². The highest BCUT2D eigenvalue weighted by Crippen LogP contribution is 2.30. The summed E-state index contributed by atoms with van der Waals surface area (Å²) in [6.07, 6.45) is 8.02. The molecule has 0 aliphatic heterocycles. The van der Waals surface area contributed by atoms with Gasteiger partial charge in [0.15, 0.2) is 0 Å². The highest BCUT2D eigenvalue weighted by molar-refractivity contribution is 7.12. The van der Waals surface area contributed by atoms with Crippen molar-refractivity contribution >= 4 is 11.3 Å². The van der Waals surface area contributed by atoms with Crippen LogP contribution < -0.4 is 0 Å². The summed E-state index contributed by atoms with van der Waals surface area (Å²) in [5, 5.41) is 0. The van der Waals surface area contributed by atoms with E-state index in [-0.39, 0.29) is 0 Å². The first-order valence-electron chi connectivity index (χ1n) is 7.65. The van der Waals surface area contributed by atoms with Crippen LogP contribution in [0.3, 0.4) is 0 Å². The molecule has 0 amide bonds. The predicted molar refractivity (Wildman–Crippen MR) is 87.0 cm³/mol. The molecule has 0 unspecified atom stereocenters. The van der Waals surface area contributed by atoms with Crippen LogP contribution in [0.25, 0.3) is 0 Å². The molecule has 0 bridgehead atoms. The van der Waals surface area contributed by atoms with Crippen LogP contribution in [0.4, 0.5) is 0 Å². The quantitative estimate of drug-likeness (QED) is 0.502. The van der Waals surface area contributed by atoms with Gasteiger partial charge in [0.05, 0.1) is 0 Å². The summed E-state index contributed by atoms with van der Waals surface area (Å²) in [5.41, 5.74) is 1.61. The van der Waals surface area contributed by atoms with E-state index in [0.29, 0.717) is 5.92 Å². The molecule has 1 aromatic rings. The second-order valence-electron chi connectivity index (χ2n) is 5.42. The van der Waals surface area contributed by atoms with Crippen LogP contribution in [0.2, 0.25) is 0 Å². The van der Waals surface area contributed by atoms with Crippen molar-refractivity contribution in [3.63, 3.8) is 0 Å². The van der Waals surface area contributed by atoms with E-state index >= 15 is 0 Å². The molecule has 1 heterocycles. The van der Waals surface area contributed by atoms with E-state index in [1.54, 1.807) is 10.4 Å². The fourth-order valence-corrected chi connectivity index (χ4v) is 3.09. The third kappa shape index (κ3) is 7.20. The van der Waals surface area contributed by atoms with Crippen molar-refractivity contribution in [1.82, 2.24) is 0 Å². The van der Waals surface area contributed by atoms with Gasteiger partial charge in [-0.3, -0.25) is 0 Å². The molecule has 0 saturated carbocycles. The van der Waals surface area contributed by atoms with E-state index in [9.17, 15) is 0 Å². The van der Waals surface area contributed by atoms with Crippen LogP contribution >= 0.6 is 11.3 Å². The Labute approximate surface area is 119 Å². The van der Waals surface area contributed by atoms with Gasteiger partial charge in [0.25, 0.3) is 0 Å². The zero-order valence-corrected chi connectivity index (χ0v) is 14.1. The van der Waals surface area contributed by atoms with Gasteiger partial charge in [0.2, 0.25) is 0 Å². The smallest absolute Gasteiger partial charge is 0.0105 e. The molecule has 0 aromatic carbocycles. The average molecular weight is 269 g/mol. The molecule has 0 radical (unpaired) electrons. The fourth-order valence-electron chi connectivity index (χ4n) is 2.01. The van der Waals surface area contributed by atoms with Crippen molar-refractivity contribution in [2.45, 2.75) is 86.0 Å². The van der Waals surface area contributed by atoms with E-state index in [1.807, 2.05) is 11.3 Å². The molecular formula is C17H32S. The van der Waals surface area contributed by atoms with Crippen molar-refractivity contribution in [2.24, 2.45) is 0 Å². The monoisotopic (exact) mass is 268 g/mol. The molecule has 0 saturated heterocycles. The average Bonchev–Trinajstić information content (AvgIpc) is 2.67. The standard InChI is InChI=1S/C14H24S.C3H8/c1-5-6-7-8-9-13-10-12(4)15-14(13)11(2)3;1-3-2/h10-11H,5-9H2,1-4H3;3H2,1-2H3. The maximum Gasteiger partial charge on any atom is 0.0105 e. The minimum absolute atomic E-state index is 0.699. The molecule has 0 nitrogen and oxygen atoms in total. The van der Waals surface area contributed by atoms with Gasteiger partial charge in [-0.2, -0.15) is 0 Å². The van der Waals surface area contributed by atoms with Gasteiger partial charge in [0, 0.05) is 9.75 Å². The van der Waals surface area contributed by atoms with Crippen LogP contribution in [-0.2, 0) is 6.42 Å². The summed E-state index contributed by atoms with van der Waals surface area (Å²) in [4.78, 5) is 3.09. The summed E-state index contributed by atoms with van der Waals surface area (Å²) < 4.78 is 0. The summed E-state index contributed by atoms with van der Waals surface area (Å²) in [7, 11) is 0. The third-order valence-corrected chi connectivity index (χ3v) is 4.18. The predicted octanol–water partition coefficient (Wildman–Crippen LogP) is 6.72. The molecule has 0 spiro atoms. The third-order valence-electron chi connectivity index (χ3n) is 2.79. The Balaban J connectivity index is 0.000000873. The largest absolute Gasteiger partial charge is 0.145 e.